The van der Waals surface area contributed by atoms with Crippen LogP contribution in [0.1, 0.15) is 25.8 Å². The maximum absolute atomic E-state index is 11.9. The first-order valence-electron chi connectivity index (χ1n) is 6.14. The Hall–Kier alpha value is -1.61. The number of rotatable bonds is 5. The molecule has 0 aromatic heterocycles. The third kappa shape index (κ3) is 4.72. The number of hydrogen-bond donors (Lipinski definition) is 1. The van der Waals surface area contributed by atoms with E-state index in [9.17, 15) is 10.0 Å². The van der Waals surface area contributed by atoms with Crippen molar-refractivity contribution in [3.8, 4) is 0 Å². The number of allylic oxidation sites excluding steroid dienone is 2. The molecular formula is C15H21NO2. The second-order valence-corrected chi connectivity index (χ2v) is 4.77. The minimum absolute atomic E-state index is 0.211. The number of carbonyl (C=O) groups excluding carboxylic acids is 1. The van der Waals surface area contributed by atoms with Crippen molar-refractivity contribution in [2.24, 2.45) is 5.92 Å². The predicted octanol–water partition coefficient (Wildman–Crippen LogP) is 3.05. The van der Waals surface area contributed by atoms with Gasteiger partial charge in [-0.2, -0.15) is 0 Å². The molecule has 98 valence electrons. The van der Waals surface area contributed by atoms with E-state index < -0.39 is 0 Å². The van der Waals surface area contributed by atoms with Gasteiger partial charge in [-0.1, -0.05) is 42.0 Å². The number of carbonyl (C=O) groups is 1. The van der Waals surface area contributed by atoms with Gasteiger partial charge in [0.25, 0.3) is 0 Å². The van der Waals surface area contributed by atoms with E-state index in [1.54, 1.807) is 0 Å². The Balaban J connectivity index is 2.78. The highest BCUT2D eigenvalue weighted by Crippen LogP contribution is 2.16. The molecule has 0 heterocycles. The molecular weight excluding hydrogens is 226 g/mol. The summed E-state index contributed by atoms with van der Waals surface area (Å²) in [6, 6.07) is 9.87. The van der Waals surface area contributed by atoms with Gasteiger partial charge in [0.15, 0.2) is 0 Å². The molecule has 3 nitrogen and oxygen atoms in total. The number of amides is 1. The summed E-state index contributed by atoms with van der Waals surface area (Å²) >= 11 is 0. The van der Waals surface area contributed by atoms with Crippen molar-refractivity contribution in [1.82, 2.24) is 5.06 Å². The fourth-order valence-corrected chi connectivity index (χ4v) is 1.81. The summed E-state index contributed by atoms with van der Waals surface area (Å²) in [6.07, 6.45) is 3.34. The lowest BCUT2D eigenvalue weighted by Gasteiger charge is -2.18. The van der Waals surface area contributed by atoms with Crippen LogP contribution in [0.2, 0.25) is 0 Å². The summed E-state index contributed by atoms with van der Waals surface area (Å²) in [4.78, 5) is 11.9. The van der Waals surface area contributed by atoms with E-state index in [2.05, 4.69) is 0 Å². The zero-order chi connectivity index (χ0) is 13.5. The highest BCUT2D eigenvalue weighted by Gasteiger charge is 2.20. The number of benzene rings is 1. The summed E-state index contributed by atoms with van der Waals surface area (Å²) < 4.78 is 0. The fourth-order valence-electron chi connectivity index (χ4n) is 1.81. The normalized spacial score (nSPS) is 11.8. The van der Waals surface area contributed by atoms with Gasteiger partial charge in [-0.05, 0) is 32.3 Å². The van der Waals surface area contributed by atoms with Crippen LogP contribution in [0.15, 0.2) is 42.0 Å². The summed E-state index contributed by atoms with van der Waals surface area (Å²) in [5.41, 5.74) is 2.29. The van der Waals surface area contributed by atoms with E-state index in [4.69, 9.17) is 0 Å². The molecule has 18 heavy (non-hydrogen) atoms. The van der Waals surface area contributed by atoms with Crippen LogP contribution in [-0.4, -0.2) is 23.2 Å². The zero-order valence-electron chi connectivity index (χ0n) is 11.3. The van der Waals surface area contributed by atoms with Crippen LogP contribution < -0.4 is 0 Å². The number of hydrogen-bond acceptors (Lipinski definition) is 2. The van der Waals surface area contributed by atoms with E-state index in [0.717, 1.165) is 5.56 Å². The SMILES string of the molecule is CC(C)=CCC(Cc1ccccc1)C(=O)N(C)O. The molecule has 1 amide bonds. The van der Waals surface area contributed by atoms with Crippen molar-refractivity contribution in [2.75, 3.05) is 7.05 Å². The minimum Gasteiger partial charge on any atom is -0.286 e. The average Bonchev–Trinajstić information content (AvgIpc) is 2.34. The van der Waals surface area contributed by atoms with Gasteiger partial charge in [-0.25, -0.2) is 5.06 Å². The van der Waals surface area contributed by atoms with Gasteiger partial charge in [0, 0.05) is 13.0 Å². The van der Waals surface area contributed by atoms with Crippen LogP contribution in [0.5, 0.6) is 0 Å². The maximum atomic E-state index is 11.9. The van der Waals surface area contributed by atoms with Gasteiger partial charge < -0.3 is 0 Å². The molecule has 0 radical (unpaired) electrons. The molecule has 1 aromatic carbocycles. The summed E-state index contributed by atoms with van der Waals surface area (Å²) in [5.74, 6) is -0.450. The Kier molecular flexibility index (Phi) is 5.59. The topological polar surface area (TPSA) is 40.5 Å². The lowest BCUT2D eigenvalue weighted by molar-refractivity contribution is -0.164. The Morgan fingerprint density at radius 2 is 1.94 bits per heavy atom. The molecule has 0 aliphatic carbocycles. The van der Waals surface area contributed by atoms with E-state index in [1.165, 1.54) is 12.6 Å². The quantitative estimate of drug-likeness (QED) is 0.493. The Morgan fingerprint density at radius 1 is 1.33 bits per heavy atom. The standard InChI is InChI=1S/C15H21NO2/c1-12(2)9-10-14(15(17)16(3)18)11-13-7-5-4-6-8-13/h4-9,14,18H,10-11H2,1-3H3. The van der Waals surface area contributed by atoms with Gasteiger partial charge in [-0.15, -0.1) is 0 Å². The summed E-state index contributed by atoms with van der Waals surface area (Å²) in [6.45, 7) is 4.01. The molecule has 3 heteroatoms. The molecule has 1 N–H and O–H groups in total. The first kappa shape index (κ1) is 14.5. The van der Waals surface area contributed by atoms with Crippen molar-refractivity contribution >= 4 is 5.91 Å². The molecule has 0 fully saturated rings. The van der Waals surface area contributed by atoms with Gasteiger partial charge in [0.2, 0.25) is 5.91 Å². The van der Waals surface area contributed by atoms with E-state index in [1.807, 2.05) is 50.3 Å². The zero-order valence-corrected chi connectivity index (χ0v) is 11.3. The second-order valence-electron chi connectivity index (χ2n) is 4.77. The van der Waals surface area contributed by atoms with Crippen molar-refractivity contribution in [1.29, 1.82) is 0 Å². The smallest absolute Gasteiger partial charge is 0.249 e. The van der Waals surface area contributed by atoms with Crippen molar-refractivity contribution in [3.63, 3.8) is 0 Å². The highest BCUT2D eigenvalue weighted by molar-refractivity contribution is 5.77. The van der Waals surface area contributed by atoms with Gasteiger partial charge in [0.05, 0.1) is 0 Å². The molecule has 1 rings (SSSR count). The highest BCUT2D eigenvalue weighted by atomic mass is 16.5. The number of nitrogens with zero attached hydrogens (tertiary/aromatic N) is 1. The molecule has 1 aromatic rings. The predicted molar refractivity (Wildman–Crippen MR) is 72.2 cm³/mol. The maximum Gasteiger partial charge on any atom is 0.249 e. The molecule has 0 aliphatic heterocycles. The third-order valence-electron chi connectivity index (χ3n) is 2.80. The Bertz CT molecular complexity index is 406. The summed E-state index contributed by atoms with van der Waals surface area (Å²) in [5, 5.41) is 9.98. The Labute approximate surface area is 109 Å². The summed E-state index contributed by atoms with van der Waals surface area (Å²) in [7, 11) is 1.38. The monoisotopic (exact) mass is 247 g/mol. The number of hydroxylamine groups is 2. The van der Waals surface area contributed by atoms with Gasteiger partial charge in [0.1, 0.15) is 0 Å². The lowest BCUT2D eigenvalue weighted by atomic mass is 9.94. The van der Waals surface area contributed by atoms with E-state index >= 15 is 0 Å². The second kappa shape index (κ2) is 6.97. The Morgan fingerprint density at radius 3 is 2.44 bits per heavy atom. The van der Waals surface area contributed by atoms with Crippen LogP contribution in [0.3, 0.4) is 0 Å². The molecule has 0 aliphatic rings. The molecule has 1 atom stereocenters. The van der Waals surface area contributed by atoms with Gasteiger partial charge >= 0.3 is 0 Å². The molecule has 0 saturated carbocycles. The lowest BCUT2D eigenvalue weighted by Crippen LogP contribution is -2.31. The van der Waals surface area contributed by atoms with Crippen LogP contribution in [-0.2, 0) is 11.2 Å². The van der Waals surface area contributed by atoms with Crippen LogP contribution >= 0.6 is 0 Å². The van der Waals surface area contributed by atoms with Crippen LogP contribution in [0.25, 0.3) is 0 Å². The first-order chi connectivity index (χ1) is 8.50. The molecule has 0 saturated heterocycles. The largest absolute Gasteiger partial charge is 0.286 e. The van der Waals surface area contributed by atoms with Crippen LogP contribution in [0.4, 0.5) is 0 Å². The molecule has 0 spiro atoms. The third-order valence-corrected chi connectivity index (χ3v) is 2.80. The first-order valence-corrected chi connectivity index (χ1v) is 6.14. The van der Waals surface area contributed by atoms with E-state index in [0.29, 0.717) is 17.9 Å². The van der Waals surface area contributed by atoms with Crippen molar-refractivity contribution in [3.05, 3.63) is 47.5 Å². The van der Waals surface area contributed by atoms with Gasteiger partial charge in [-0.3, -0.25) is 10.0 Å². The van der Waals surface area contributed by atoms with Crippen LogP contribution in [0, 0.1) is 5.92 Å². The van der Waals surface area contributed by atoms with Crippen molar-refractivity contribution < 1.29 is 10.0 Å². The average molecular weight is 247 g/mol. The van der Waals surface area contributed by atoms with Crippen molar-refractivity contribution in [2.45, 2.75) is 26.7 Å². The molecule has 1 unspecified atom stereocenters. The fraction of sp³-hybridized carbons (Fsp3) is 0.400. The molecule has 0 bridgehead atoms. The van der Waals surface area contributed by atoms with E-state index in [-0.39, 0.29) is 11.8 Å². The minimum atomic E-state index is -0.239.